The Morgan fingerprint density at radius 3 is 2.50 bits per heavy atom. The molecule has 1 aliphatic heterocycles. The molecule has 0 aliphatic carbocycles. The number of amides is 1. The average Bonchev–Trinajstić information content (AvgIpc) is 2.60. The smallest absolute Gasteiger partial charge is 0.249 e. The molecule has 1 atom stereocenters. The van der Waals surface area contributed by atoms with Gasteiger partial charge in [-0.15, -0.1) is 0 Å². The minimum atomic E-state index is -0.243. The molecule has 1 N–H and O–H groups in total. The topological polar surface area (TPSA) is 35.6 Å². The lowest BCUT2D eigenvalue weighted by molar-refractivity contribution is -0.119. The highest BCUT2D eigenvalue weighted by Gasteiger charge is 2.33. The van der Waals surface area contributed by atoms with Gasteiger partial charge >= 0.3 is 0 Å². The van der Waals surface area contributed by atoms with E-state index in [1.54, 1.807) is 17.0 Å². The molecule has 1 amide bonds. The number of hydrogen-bond acceptors (Lipinski definition) is 4. The van der Waals surface area contributed by atoms with Crippen LogP contribution < -0.4 is 14.5 Å². The number of hydrogen-bond donors (Lipinski definition) is 1. The minimum Gasteiger partial charge on any atom is -0.361 e. The van der Waals surface area contributed by atoms with Crippen LogP contribution in [0.1, 0.15) is 13.3 Å². The van der Waals surface area contributed by atoms with Crippen LogP contribution in [0.25, 0.3) is 0 Å². The Morgan fingerprint density at radius 1 is 1.12 bits per heavy atom. The number of anilines is 3. The largest absolute Gasteiger partial charge is 0.361 e. The van der Waals surface area contributed by atoms with E-state index in [9.17, 15) is 9.18 Å². The summed E-state index contributed by atoms with van der Waals surface area (Å²) < 4.78 is 16.2. The van der Waals surface area contributed by atoms with Crippen molar-refractivity contribution < 1.29 is 9.18 Å². The lowest BCUT2D eigenvalue weighted by Gasteiger charge is -2.39. The van der Waals surface area contributed by atoms with Gasteiger partial charge in [0.2, 0.25) is 5.91 Å². The highest BCUT2D eigenvalue weighted by Crippen LogP contribution is 2.38. The molecule has 0 bridgehead atoms. The number of rotatable bonds is 4. The van der Waals surface area contributed by atoms with E-state index in [1.165, 1.54) is 24.1 Å². The van der Waals surface area contributed by atoms with Crippen molar-refractivity contribution in [3.05, 3.63) is 48.3 Å². The third-order valence-corrected chi connectivity index (χ3v) is 5.13. The number of nitrogens with zero attached hydrogens (tertiary/aromatic N) is 2. The van der Waals surface area contributed by atoms with E-state index >= 15 is 0 Å². The zero-order chi connectivity index (χ0) is 17.3. The van der Waals surface area contributed by atoms with E-state index in [-0.39, 0.29) is 17.8 Å². The van der Waals surface area contributed by atoms with Crippen LogP contribution in [0, 0.1) is 5.82 Å². The van der Waals surface area contributed by atoms with Crippen LogP contribution in [0.2, 0.25) is 0 Å². The first kappa shape index (κ1) is 16.6. The maximum absolute atomic E-state index is 13.0. The Labute approximate surface area is 145 Å². The summed E-state index contributed by atoms with van der Waals surface area (Å²) in [6.45, 7) is 2.02. The van der Waals surface area contributed by atoms with Crippen LogP contribution in [0.5, 0.6) is 0 Å². The number of carbonyl (C=O) groups is 1. The molecular weight excluding hydrogens is 325 g/mol. The second-order valence-electron chi connectivity index (χ2n) is 5.79. The fraction of sp³-hybridized carbons (Fsp3) is 0.278. The first-order valence-corrected chi connectivity index (χ1v) is 8.65. The molecule has 126 valence electrons. The summed E-state index contributed by atoms with van der Waals surface area (Å²) in [6.07, 6.45) is 0.765. The molecule has 0 saturated carbocycles. The van der Waals surface area contributed by atoms with Gasteiger partial charge in [0.15, 0.2) is 0 Å². The molecule has 0 fully saturated rings. The van der Waals surface area contributed by atoms with Gasteiger partial charge in [-0.2, -0.15) is 0 Å². The summed E-state index contributed by atoms with van der Waals surface area (Å²) in [5.74, 6) is -0.123. The molecule has 4 nitrogen and oxygen atoms in total. The quantitative estimate of drug-likeness (QED) is 0.845. The van der Waals surface area contributed by atoms with E-state index in [0.717, 1.165) is 28.4 Å². The molecule has 0 saturated heterocycles. The molecule has 0 aromatic heterocycles. The second kappa shape index (κ2) is 6.73. The van der Waals surface area contributed by atoms with Crippen molar-refractivity contribution in [2.75, 3.05) is 28.6 Å². The summed E-state index contributed by atoms with van der Waals surface area (Å²) in [7, 11) is 3.77. The summed E-state index contributed by atoms with van der Waals surface area (Å²) in [5.41, 5.74) is 2.87. The third-order valence-electron chi connectivity index (χ3n) is 4.29. The van der Waals surface area contributed by atoms with Crippen molar-refractivity contribution in [2.24, 2.45) is 0 Å². The lowest BCUT2D eigenvalue weighted by atomic mass is 10.1. The van der Waals surface area contributed by atoms with E-state index in [4.69, 9.17) is 0 Å². The first-order chi connectivity index (χ1) is 11.5. The number of fused-ring (bicyclic) bond motifs is 1. The van der Waals surface area contributed by atoms with Crippen LogP contribution in [0.4, 0.5) is 21.5 Å². The SMILES string of the molecule is CCC1C(=O)N(C)c2ccc(NSc3ccc(F)cc3)cc2N1C. The van der Waals surface area contributed by atoms with Crippen LogP contribution in [-0.2, 0) is 4.79 Å². The van der Waals surface area contributed by atoms with Gasteiger partial charge in [-0.1, -0.05) is 6.92 Å². The zero-order valence-electron chi connectivity index (χ0n) is 13.9. The molecule has 2 aromatic carbocycles. The predicted molar refractivity (Wildman–Crippen MR) is 98.2 cm³/mol. The van der Waals surface area contributed by atoms with Crippen LogP contribution in [-0.4, -0.2) is 26.0 Å². The van der Waals surface area contributed by atoms with Crippen LogP contribution in [0.15, 0.2) is 47.4 Å². The van der Waals surface area contributed by atoms with E-state index in [2.05, 4.69) is 4.72 Å². The Balaban J connectivity index is 1.81. The normalized spacial score (nSPS) is 17.0. The van der Waals surface area contributed by atoms with Gasteiger partial charge in [0, 0.05) is 24.7 Å². The molecule has 1 unspecified atom stereocenters. The standard InChI is InChI=1S/C18H20FN3OS/c1-4-15-18(23)22(3)16-10-7-13(11-17(16)21(15)2)20-24-14-8-5-12(19)6-9-14/h5-11,15,20H,4H2,1-3H3. The van der Waals surface area contributed by atoms with Gasteiger partial charge < -0.3 is 14.5 Å². The fourth-order valence-corrected chi connectivity index (χ4v) is 3.53. The zero-order valence-corrected chi connectivity index (χ0v) is 14.7. The van der Waals surface area contributed by atoms with E-state index < -0.39 is 0 Å². The van der Waals surface area contributed by atoms with Gasteiger partial charge in [0.05, 0.1) is 11.4 Å². The Bertz CT molecular complexity index is 750. The number of nitrogens with one attached hydrogen (secondary N) is 1. The number of likely N-dealkylation sites (N-methyl/N-ethyl adjacent to an activating group) is 2. The van der Waals surface area contributed by atoms with E-state index in [1.807, 2.05) is 44.1 Å². The van der Waals surface area contributed by atoms with Crippen molar-refractivity contribution in [1.29, 1.82) is 0 Å². The first-order valence-electron chi connectivity index (χ1n) is 7.84. The van der Waals surface area contributed by atoms with E-state index in [0.29, 0.717) is 0 Å². The molecular formula is C18H20FN3OS. The Hall–Kier alpha value is -2.21. The maximum Gasteiger partial charge on any atom is 0.249 e. The highest BCUT2D eigenvalue weighted by molar-refractivity contribution is 8.00. The maximum atomic E-state index is 13.0. The van der Waals surface area contributed by atoms with Crippen LogP contribution in [0.3, 0.4) is 0 Å². The molecule has 1 heterocycles. The van der Waals surface area contributed by atoms with Gasteiger partial charge in [-0.05, 0) is 60.8 Å². The minimum absolute atomic E-state index is 0.119. The van der Waals surface area contributed by atoms with Gasteiger partial charge in [-0.25, -0.2) is 4.39 Å². The second-order valence-corrected chi connectivity index (χ2v) is 6.67. The van der Waals surface area contributed by atoms with Gasteiger partial charge in [0.25, 0.3) is 0 Å². The van der Waals surface area contributed by atoms with Crippen LogP contribution >= 0.6 is 11.9 Å². The molecule has 1 aliphatic rings. The molecule has 6 heteroatoms. The summed E-state index contributed by atoms with van der Waals surface area (Å²) in [4.78, 5) is 17.1. The number of benzene rings is 2. The number of halogens is 1. The van der Waals surface area contributed by atoms with Crippen molar-refractivity contribution in [3.63, 3.8) is 0 Å². The third kappa shape index (κ3) is 3.06. The lowest BCUT2D eigenvalue weighted by Crippen LogP contribution is -2.50. The average molecular weight is 345 g/mol. The molecule has 24 heavy (non-hydrogen) atoms. The molecule has 2 aromatic rings. The monoisotopic (exact) mass is 345 g/mol. The van der Waals surface area contributed by atoms with Gasteiger partial charge in [-0.3, -0.25) is 4.79 Å². The van der Waals surface area contributed by atoms with Gasteiger partial charge in [0.1, 0.15) is 11.9 Å². The fourth-order valence-electron chi connectivity index (χ4n) is 2.90. The molecule has 0 radical (unpaired) electrons. The van der Waals surface area contributed by atoms with Crippen molar-refractivity contribution in [1.82, 2.24) is 0 Å². The number of carbonyl (C=O) groups excluding carboxylic acids is 1. The highest BCUT2D eigenvalue weighted by atomic mass is 32.2. The van der Waals surface area contributed by atoms with Crippen molar-refractivity contribution in [2.45, 2.75) is 24.3 Å². The summed E-state index contributed by atoms with van der Waals surface area (Å²) >= 11 is 1.43. The Morgan fingerprint density at radius 2 is 1.83 bits per heavy atom. The predicted octanol–water partition coefficient (Wildman–Crippen LogP) is 4.14. The molecule has 3 rings (SSSR count). The summed E-state index contributed by atoms with van der Waals surface area (Å²) in [6, 6.07) is 12.1. The van der Waals surface area contributed by atoms with Crippen molar-refractivity contribution >= 4 is 34.9 Å². The Kier molecular flexibility index (Phi) is 4.66. The summed E-state index contributed by atoms with van der Waals surface area (Å²) in [5, 5.41) is 0. The van der Waals surface area contributed by atoms with Crippen molar-refractivity contribution in [3.8, 4) is 0 Å². The molecule has 0 spiro atoms.